The van der Waals surface area contributed by atoms with Crippen molar-refractivity contribution in [2.24, 2.45) is 0 Å². The zero-order chi connectivity index (χ0) is 11.0. The number of fused-ring (bicyclic) bond motifs is 1. The van der Waals surface area contributed by atoms with Gasteiger partial charge in [0, 0.05) is 11.5 Å². The molecule has 0 bridgehead atoms. The molecule has 1 aromatic carbocycles. The topological polar surface area (TPSA) is 17.2 Å². The van der Waals surface area contributed by atoms with Crippen LogP contribution in [0.25, 0.3) is 15.7 Å². The highest BCUT2D eigenvalue weighted by Crippen LogP contribution is 2.37. The Kier molecular flexibility index (Phi) is 2.47. The Morgan fingerprint density at radius 1 is 1.33 bits per heavy atom. The fourth-order valence-electron chi connectivity index (χ4n) is 1.25. The first-order valence-electron chi connectivity index (χ1n) is 3.95. The molecule has 0 amide bonds. The van der Waals surface area contributed by atoms with Crippen molar-refractivity contribution in [2.75, 3.05) is 0 Å². The van der Waals surface area contributed by atoms with Gasteiger partial charge in [0.1, 0.15) is 11.0 Å². The number of nitrogens with zero attached hydrogens (tertiary/aromatic N) is 2. The first-order valence-corrected chi connectivity index (χ1v) is 4.71. The normalized spacial score (nSPS) is 10.3. The van der Waals surface area contributed by atoms with Gasteiger partial charge in [0.25, 0.3) is 0 Å². The van der Waals surface area contributed by atoms with E-state index in [0.29, 0.717) is 10.9 Å². The second-order valence-electron chi connectivity index (χ2n) is 2.84. The first kappa shape index (κ1) is 10.2. The van der Waals surface area contributed by atoms with Crippen molar-refractivity contribution in [3.8, 4) is 0 Å². The number of hydrogen-bond donors (Lipinski definition) is 0. The molecular weight excluding hydrogens is 238 g/mol. The molecule has 0 spiro atoms. The Morgan fingerprint density at radius 2 is 2.07 bits per heavy atom. The van der Waals surface area contributed by atoms with Crippen LogP contribution >= 0.6 is 23.2 Å². The Hall–Kier alpha value is -1.37. The van der Waals surface area contributed by atoms with E-state index < -0.39 is 5.82 Å². The minimum atomic E-state index is -0.419. The third-order valence-corrected chi connectivity index (χ3v) is 2.58. The molecule has 0 saturated heterocycles. The molecule has 0 saturated carbocycles. The number of pyridine rings is 1. The standard InChI is InChI=1S/C10H3Cl2FN2/c1-14-9-8(11)6-3-2-5(13)4-7(6)15-10(9)12/h2-4H. The van der Waals surface area contributed by atoms with Gasteiger partial charge in [-0.25, -0.2) is 14.2 Å². The van der Waals surface area contributed by atoms with Crippen molar-refractivity contribution in [3.05, 3.63) is 45.6 Å². The van der Waals surface area contributed by atoms with Crippen LogP contribution in [0.2, 0.25) is 10.2 Å². The number of hydrogen-bond acceptors (Lipinski definition) is 1. The summed E-state index contributed by atoms with van der Waals surface area (Å²) in [7, 11) is 0. The smallest absolute Gasteiger partial charge is 0.242 e. The molecule has 0 atom stereocenters. The van der Waals surface area contributed by atoms with Gasteiger partial charge in [0.05, 0.1) is 17.1 Å². The van der Waals surface area contributed by atoms with Gasteiger partial charge in [-0.05, 0) is 12.1 Å². The zero-order valence-electron chi connectivity index (χ0n) is 7.26. The Morgan fingerprint density at radius 3 is 2.73 bits per heavy atom. The summed E-state index contributed by atoms with van der Waals surface area (Å²) in [6.45, 7) is 6.88. The van der Waals surface area contributed by atoms with Crippen LogP contribution in [0.4, 0.5) is 10.1 Å². The van der Waals surface area contributed by atoms with Crippen molar-refractivity contribution in [2.45, 2.75) is 0 Å². The quantitative estimate of drug-likeness (QED) is 0.498. The fourth-order valence-corrected chi connectivity index (χ4v) is 1.82. The molecule has 2 rings (SSSR count). The third-order valence-electron chi connectivity index (χ3n) is 1.93. The minimum absolute atomic E-state index is 0.00639. The van der Waals surface area contributed by atoms with Crippen LogP contribution in [0.5, 0.6) is 0 Å². The molecule has 2 nitrogen and oxygen atoms in total. The molecule has 74 valence electrons. The summed E-state index contributed by atoms with van der Waals surface area (Å²) >= 11 is 11.7. The van der Waals surface area contributed by atoms with Crippen LogP contribution in [-0.2, 0) is 0 Å². The molecule has 0 aliphatic carbocycles. The summed E-state index contributed by atoms with van der Waals surface area (Å²) in [5, 5.41) is 0.724. The average molecular weight is 241 g/mol. The summed E-state index contributed by atoms with van der Waals surface area (Å²) in [5.74, 6) is -0.419. The molecular formula is C10H3Cl2FN2. The fraction of sp³-hybridized carbons (Fsp3) is 0. The molecule has 0 aliphatic heterocycles. The predicted octanol–water partition coefficient (Wildman–Crippen LogP) is 4.23. The van der Waals surface area contributed by atoms with E-state index in [1.165, 1.54) is 18.2 Å². The van der Waals surface area contributed by atoms with Gasteiger partial charge in [-0.3, -0.25) is 0 Å². The van der Waals surface area contributed by atoms with E-state index in [2.05, 4.69) is 9.83 Å². The monoisotopic (exact) mass is 240 g/mol. The predicted molar refractivity (Wildman–Crippen MR) is 58.0 cm³/mol. The van der Waals surface area contributed by atoms with Gasteiger partial charge < -0.3 is 0 Å². The van der Waals surface area contributed by atoms with Crippen molar-refractivity contribution in [1.82, 2.24) is 4.98 Å². The van der Waals surface area contributed by atoms with Gasteiger partial charge in [0.2, 0.25) is 5.69 Å². The molecule has 0 radical (unpaired) electrons. The van der Waals surface area contributed by atoms with E-state index in [0.717, 1.165) is 0 Å². The first-order chi connectivity index (χ1) is 7.13. The van der Waals surface area contributed by atoms with Gasteiger partial charge >= 0.3 is 0 Å². The third kappa shape index (κ3) is 1.63. The highest BCUT2D eigenvalue weighted by molar-refractivity contribution is 6.42. The Bertz CT molecular complexity index is 590. The number of aromatic nitrogens is 1. The Labute approximate surface area is 95.1 Å². The summed E-state index contributed by atoms with van der Waals surface area (Å²) in [6, 6.07) is 3.96. The summed E-state index contributed by atoms with van der Waals surface area (Å²) < 4.78 is 12.9. The van der Waals surface area contributed by atoms with Gasteiger partial charge in [-0.1, -0.05) is 23.2 Å². The maximum absolute atomic E-state index is 12.9. The van der Waals surface area contributed by atoms with E-state index in [1.807, 2.05) is 0 Å². The molecule has 1 aromatic heterocycles. The maximum atomic E-state index is 12.9. The molecule has 0 N–H and O–H groups in total. The SMILES string of the molecule is [C-]#[N+]c1c(Cl)nc2cc(F)ccc2c1Cl. The van der Waals surface area contributed by atoms with Gasteiger partial charge in [-0.15, -0.1) is 0 Å². The molecule has 0 unspecified atom stereocenters. The van der Waals surface area contributed by atoms with Crippen LogP contribution in [0, 0.1) is 12.4 Å². The zero-order valence-corrected chi connectivity index (χ0v) is 8.77. The molecule has 15 heavy (non-hydrogen) atoms. The van der Waals surface area contributed by atoms with E-state index in [-0.39, 0.29) is 15.9 Å². The minimum Gasteiger partial charge on any atom is -0.248 e. The van der Waals surface area contributed by atoms with E-state index >= 15 is 0 Å². The van der Waals surface area contributed by atoms with Crippen LogP contribution < -0.4 is 0 Å². The lowest BCUT2D eigenvalue weighted by molar-refractivity contribution is 0.629. The summed E-state index contributed by atoms with van der Waals surface area (Å²) in [6.07, 6.45) is 0. The van der Waals surface area contributed by atoms with Gasteiger partial charge in [-0.2, -0.15) is 0 Å². The van der Waals surface area contributed by atoms with E-state index in [9.17, 15) is 4.39 Å². The highest BCUT2D eigenvalue weighted by atomic mass is 35.5. The molecule has 1 heterocycles. The van der Waals surface area contributed by atoms with E-state index in [4.69, 9.17) is 29.8 Å². The number of halogens is 3. The second-order valence-corrected chi connectivity index (χ2v) is 3.57. The van der Waals surface area contributed by atoms with Gasteiger partial charge in [0.15, 0.2) is 0 Å². The van der Waals surface area contributed by atoms with Crippen molar-refractivity contribution in [1.29, 1.82) is 0 Å². The number of rotatable bonds is 0. The number of benzene rings is 1. The molecule has 0 aliphatic rings. The lowest BCUT2D eigenvalue weighted by Crippen LogP contribution is -1.84. The Balaban J connectivity index is 2.92. The maximum Gasteiger partial charge on any atom is 0.242 e. The second kappa shape index (κ2) is 3.65. The van der Waals surface area contributed by atoms with E-state index in [1.54, 1.807) is 0 Å². The lowest BCUT2D eigenvalue weighted by atomic mass is 10.2. The van der Waals surface area contributed by atoms with Crippen molar-refractivity contribution >= 4 is 39.8 Å². The lowest BCUT2D eigenvalue weighted by Gasteiger charge is -2.03. The molecule has 2 aromatic rings. The van der Waals surface area contributed by atoms with Crippen LogP contribution in [0.1, 0.15) is 0 Å². The highest BCUT2D eigenvalue weighted by Gasteiger charge is 2.12. The van der Waals surface area contributed by atoms with Crippen molar-refractivity contribution < 1.29 is 4.39 Å². The summed E-state index contributed by atoms with van der Waals surface area (Å²) in [4.78, 5) is 7.07. The molecule has 5 heteroatoms. The largest absolute Gasteiger partial charge is 0.248 e. The molecule has 0 fully saturated rings. The van der Waals surface area contributed by atoms with Crippen LogP contribution in [0.15, 0.2) is 18.2 Å². The van der Waals surface area contributed by atoms with Crippen LogP contribution in [0.3, 0.4) is 0 Å². The summed E-state index contributed by atoms with van der Waals surface area (Å²) in [5.41, 5.74) is 0.440. The average Bonchev–Trinajstić information content (AvgIpc) is 2.17. The van der Waals surface area contributed by atoms with Crippen molar-refractivity contribution in [3.63, 3.8) is 0 Å². The van der Waals surface area contributed by atoms with Crippen LogP contribution in [-0.4, -0.2) is 4.98 Å².